The van der Waals surface area contributed by atoms with Crippen molar-refractivity contribution in [3.05, 3.63) is 34.9 Å². The van der Waals surface area contributed by atoms with Crippen LogP contribution in [-0.2, 0) is 10.3 Å². The van der Waals surface area contributed by atoms with E-state index in [-0.39, 0.29) is 6.04 Å². The van der Waals surface area contributed by atoms with Crippen LogP contribution in [-0.4, -0.2) is 31.4 Å². The Morgan fingerprint density at radius 1 is 1.45 bits per heavy atom. The molecule has 3 nitrogen and oxygen atoms in total. The number of nitrogens with one attached hydrogen (secondary N) is 1. The molecular weight excluding hydrogens is 274 g/mol. The summed E-state index contributed by atoms with van der Waals surface area (Å²) < 4.78 is 5.09. The maximum absolute atomic E-state index is 11.2. The molecule has 0 aliphatic carbocycles. The number of methoxy groups -OCH3 is 1. The average molecular weight is 298 g/mol. The molecule has 2 N–H and O–H groups in total. The second kappa shape index (κ2) is 7.41. The molecule has 1 aromatic carbocycles. The molecule has 1 saturated heterocycles. The van der Waals surface area contributed by atoms with E-state index in [4.69, 9.17) is 16.3 Å². The number of hydrogen-bond donors (Lipinski definition) is 2. The van der Waals surface area contributed by atoms with Gasteiger partial charge in [0.25, 0.3) is 0 Å². The second-order valence-electron chi connectivity index (χ2n) is 5.53. The smallest absolute Gasteiger partial charge is 0.105 e. The van der Waals surface area contributed by atoms with Crippen LogP contribution >= 0.6 is 11.6 Å². The quantitative estimate of drug-likeness (QED) is 0.760. The highest BCUT2D eigenvalue weighted by Crippen LogP contribution is 2.35. The molecule has 1 fully saturated rings. The van der Waals surface area contributed by atoms with E-state index in [0.29, 0.717) is 5.02 Å². The normalized spacial score (nSPS) is 21.9. The summed E-state index contributed by atoms with van der Waals surface area (Å²) in [6.07, 6.45) is 4.76. The lowest BCUT2D eigenvalue weighted by molar-refractivity contribution is -0.00914. The lowest BCUT2D eigenvalue weighted by Gasteiger charge is -2.35. The van der Waals surface area contributed by atoms with E-state index in [1.165, 1.54) is 0 Å². The van der Waals surface area contributed by atoms with E-state index in [0.717, 1.165) is 50.8 Å². The summed E-state index contributed by atoms with van der Waals surface area (Å²) in [5.74, 6) is 0. The van der Waals surface area contributed by atoms with E-state index in [2.05, 4.69) is 5.32 Å². The van der Waals surface area contributed by atoms with Crippen LogP contribution in [0.4, 0.5) is 0 Å². The molecule has 2 rings (SSSR count). The van der Waals surface area contributed by atoms with Gasteiger partial charge in [-0.3, -0.25) is 0 Å². The SMILES string of the molecule is COCCCC[C@@](O)(c1cccc(Cl)c1)[C@@H]1CCCN1. The highest BCUT2D eigenvalue weighted by molar-refractivity contribution is 6.30. The third kappa shape index (κ3) is 3.73. The Bertz CT molecular complexity index is 421. The summed E-state index contributed by atoms with van der Waals surface area (Å²) in [5, 5.41) is 15.4. The van der Waals surface area contributed by atoms with E-state index in [1.807, 2.05) is 24.3 Å². The van der Waals surface area contributed by atoms with Crippen molar-refractivity contribution in [1.29, 1.82) is 0 Å². The van der Waals surface area contributed by atoms with Crippen molar-refractivity contribution in [1.82, 2.24) is 5.32 Å². The van der Waals surface area contributed by atoms with Crippen LogP contribution in [0.15, 0.2) is 24.3 Å². The van der Waals surface area contributed by atoms with Gasteiger partial charge in [-0.15, -0.1) is 0 Å². The van der Waals surface area contributed by atoms with Crippen molar-refractivity contribution in [3.8, 4) is 0 Å². The van der Waals surface area contributed by atoms with Crippen molar-refractivity contribution in [2.45, 2.75) is 43.7 Å². The Morgan fingerprint density at radius 3 is 2.95 bits per heavy atom. The molecule has 4 heteroatoms. The average Bonchev–Trinajstić information content (AvgIpc) is 2.98. The molecule has 0 aromatic heterocycles. The summed E-state index contributed by atoms with van der Waals surface area (Å²) in [7, 11) is 1.71. The minimum atomic E-state index is -0.838. The number of halogens is 1. The van der Waals surface area contributed by atoms with Gasteiger partial charge in [-0.05, 0) is 56.3 Å². The van der Waals surface area contributed by atoms with Gasteiger partial charge in [-0.2, -0.15) is 0 Å². The highest BCUT2D eigenvalue weighted by atomic mass is 35.5. The van der Waals surface area contributed by atoms with E-state index >= 15 is 0 Å². The summed E-state index contributed by atoms with van der Waals surface area (Å²) >= 11 is 6.09. The Morgan fingerprint density at radius 2 is 2.30 bits per heavy atom. The molecule has 0 saturated carbocycles. The Balaban J connectivity index is 2.14. The van der Waals surface area contributed by atoms with Crippen molar-refractivity contribution in [3.63, 3.8) is 0 Å². The largest absolute Gasteiger partial charge is 0.385 e. The third-order valence-corrected chi connectivity index (χ3v) is 4.35. The first-order chi connectivity index (χ1) is 9.66. The molecular formula is C16H24ClNO2. The summed E-state index contributed by atoms with van der Waals surface area (Å²) in [6.45, 7) is 1.72. The number of rotatable bonds is 7. The van der Waals surface area contributed by atoms with Crippen molar-refractivity contribution in [2.24, 2.45) is 0 Å². The van der Waals surface area contributed by atoms with Gasteiger partial charge in [0.1, 0.15) is 5.60 Å². The van der Waals surface area contributed by atoms with Crippen LogP contribution in [0.3, 0.4) is 0 Å². The van der Waals surface area contributed by atoms with Crippen molar-refractivity contribution in [2.75, 3.05) is 20.3 Å². The van der Waals surface area contributed by atoms with E-state index in [1.54, 1.807) is 7.11 Å². The minimum Gasteiger partial charge on any atom is -0.385 e. The van der Waals surface area contributed by atoms with Crippen LogP contribution in [0.5, 0.6) is 0 Å². The predicted molar refractivity (Wildman–Crippen MR) is 82.1 cm³/mol. The van der Waals surface area contributed by atoms with Gasteiger partial charge >= 0.3 is 0 Å². The Labute approximate surface area is 126 Å². The number of ether oxygens (including phenoxy) is 1. The maximum Gasteiger partial charge on any atom is 0.105 e. The zero-order valence-electron chi connectivity index (χ0n) is 12.1. The van der Waals surface area contributed by atoms with Crippen LogP contribution in [0.2, 0.25) is 5.02 Å². The van der Waals surface area contributed by atoms with Gasteiger partial charge in [0.15, 0.2) is 0 Å². The predicted octanol–water partition coefficient (Wildman–Crippen LogP) is 3.10. The molecule has 20 heavy (non-hydrogen) atoms. The van der Waals surface area contributed by atoms with Crippen molar-refractivity contribution >= 4 is 11.6 Å². The van der Waals surface area contributed by atoms with Gasteiger partial charge in [0.05, 0.1) is 0 Å². The third-order valence-electron chi connectivity index (χ3n) is 4.12. The zero-order chi connectivity index (χ0) is 14.4. The second-order valence-corrected chi connectivity index (χ2v) is 5.97. The lowest BCUT2D eigenvalue weighted by Crippen LogP contribution is -2.45. The lowest BCUT2D eigenvalue weighted by atomic mass is 9.81. The fraction of sp³-hybridized carbons (Fsp3) is 0.625. The van der Waals surface area contributed by atoms with Gasteiger partial charge < -0.3 is 15.2 Å². The molecule has 1 aliphatic heterocycles. The number of benzene rings is 1. The molecule has 0 unspecified atom stereocenters. The molecule has 1 aromatic rings. The van der Waals surface area contributed by atoms with Gasteiger partial charge in [0, 0.05) is 24.8 Å². The molecule has 0 bridgehead atoms. The van der Waals surface area contributed by atoms with Gasteiger partial charge in [-0.1, -0.05) is 23.7 Å². The van der Waals surface area contributed by atoms with Crippen LogP contribution in [0.25, 0.3) is 0 Å². The summed E-state index contributed by atoms with van der Waals surface area (Å²) in [6, 6.07) is 7.73. The fourth-order valence-electron chi connectivity index (χ4n) is 3.01. The van der Waals surface area contributed by atoms with Gasteiger partial charge in [0.2, 0.25) is 0 Å². The summed E-state index contributed by atoms with van der Waals surface area (Å²) in [5.41, 5.74) is 0.0802. The molecule has 0 amide bonds. The molecule has 0 radical (unpaired) electrons. The Hall–Kier alpha value is -0.610. The van der Waals surface area contributed by atoms with E-state index in [9.17, 15) is 5.11 Å². The Kier molecular flexibility index (Phi) is 5.85. The number of unbranched alkanes of at least 4 members (excludes halogenated alkanes) is 1. The topological polar surface area (TPSA) is 41.5 Å². The van der Waals surface area contributed by atoms with E-state index < -0.39 is 5.60 Å². The monoisotopic (exact) mass is 297 g/mol. The molecule has 0 spiro atoms. The number of hydrogen-bond acceptors (Lipinski definition) is 3. The highest BCUT2D eigenvalue weighted by Gasteiger charge is 2.39. The van der Waals surface area contributed by atoms with Crippen LogP contribution in [0, 0.1) is 0 Å². The fourth-order valence-corrected chi connectivity index (χ4v) is 3.20. The molecule has 1 heterocycles. The standard InChI is InChI=1S/C16H24ClNO2/c1-20-11-3-2-9-16(19,15-8-5-10-18-15)13-6-4-7-14(17)12-13/h4,6-7,12,15,18-19H,2-3,5,8-11H2,1H3/t15-,16+/m0/s1. The maximum atomic E-state index is 11.2. The van der Waals surface area contributed by atoms with Crippen LogP contribution in [0.1, 0.15) is 37.7 Å². The van der Waals surface area contributed by atoms with Gasteiger partial charge in [-0.25, -0.2) is 0 Å². The first kappa shape index (κ1) is 15.8. The first-order valence-electron chi connectivity index (χ1n) is 7.37. The molecule has 112 valence electrons. The zero-order valence-corrected chi connectivity index (χ0v) is 12.8. The molecule has 2 atom stereocenters. The van der Waals surface area contributed by atoms with Crippen molar-refractivity contribution < 1.29 is 9.84 Å². The number of aliphatic hydroxyl groups is 1. The molecule has 1 aliphatic rings. The minimum absolute atomic E-state index is 0.114. The van der Waals surface area contributed by atoms with Crippen LogP contribution < -0.4 is 5.32 Å². The summed E-state index contributed by atoms with van der Waals surface area (Å²) in [4.78, 5) is 0. The first-order valence-corrected chi connectivity index (χ1v) is 7.75.